The normalized spacial score (nSPS) is 36.2. The number of fused-ring (bicyclic) bond motifs is 5. The van der Waals surface area contributed by atoms with E-state index in [4.69, 9.17) is 42.6 Å². The predicted octanol–water partition coefficient (Wildman–Crippen LogP) is 5.62. The largest absolute Gasteiger partial charge is 0.509 e. The zero-order valence-electron chi connectivity index (χ0n) is 32.7. The van der Waals surface area contributed by atoms with Gasteiger partial charge in [0.1, 0.15) is 40.7 Å². The first-order valence-corrected chi connectivity index (χ1v) is 17.7. The number of hydrogen-bond acceptors (Lipinski definition) is 16. The zero-order valence-corrected chi connectivity index (χ0v) is 32.7. The van der Waals surface area contributed by atoms with Gasteiger partial charge in [-0.15, -0.1) is 0 Å². The molecule has 5 aliphatic rings. The minimum Gasteiger partial charge on any atom is -0.459 e. The molecule has 3 aliphatic carbocycles. The number of ketones is 1. The standard InChI is InChI=1S/C37H52O16/c1-17-18(45-27(40)50-31(2,3)4)15-37-26(49-30(43)53-37)24-35(13,25(39)23(22(17)34(37,11)12)48-29(42)52-33(8,9)10)19(47-28(41)51-32(5,6)7)14-20-36(24,44)16-21(38)46-20/h18-20,23-24,26,44H,14-16H2,1-13H3/t18-,19-,20+,23+,24-,26-,35+,36-,37+/m0/s1. The summed E-state index contributed by atoms with van der Waals surface area (Å²) in [6.07, 6.45) is -13.5. The van der Waals surface area contributed by atoms with E-state index in [2.05, 4.69) is 0 Å². The maximum Gasteiger partial charge on any atom is 0.509 e. The van der Waals surface area contributed by atoms with Crippen LogP contribution in [0.5, 0.6) is 0 Å². The molecule has 16 nitrogen and oxygen atoms in total. The summed E-state index contributed by atoms with van der Waals surface area (Å²) in [5.41, 5.74) is -10.4. The fraction of sp³-hybridized carbons (Fsp3) is 0.784. The molecular formula is C37H52O16. The van der Waals surface area contributed by atoms with Gasteiger partial charge >= 0.3 is 30.6 Å². The number of aliphatic hydroxyl groups is 1. The topological polar surface area (TPSA) is 206 Å². The van der Waals surface area contributed by atoms with E-state index in [1.165, 1.54) is 6.92 Å². The molecule has 0 radical (unpaired) electrons. The fourth-order valence-corrected chi connectivity index (χ4v) is 8.75. The van der Waals surface area contributed by atoms with Gasteiger partial charge in [-0.3, -0.25) is 9.59 Å². The third kappa shape index (κ3) is 6.91. The first-order valence-electron chi connectivity index (χ1n) is 17.7. The average Bonchev–Trinajstić information content (AvgIpc) is 3.41. The van der Waals surface area contributed by atoms with E-state index in [-0.39, 0.29) is 24.0 Å². The van der Waals surface area contributed by atoms with Crippen molar-refractivity contribution in [1.82, 2.24) is 0 Å². The SMILES string of the molecule is CC1=C2[C@@H](OC(=O)OC(C)(C)C)C(=O)[C@]3(C)[C@@H](OC(=O)OC(C)(C)C)C[C@H]4OC(=O)C[C@@]4(O)[C@H]3[C@@H]3OC(=O)O[C@@]3(C[C@@H]1OC(=O)OC(C)(C)C)C2(C)C. The van der Waals surface area contributed by atoms with Crippen LogP contribution in [0.2, 0.25) is 0 Å². The van der Waals surface area contributed by atoms with Crippen LogP contribution < -0.4 is 0 Å². The smallest absolute Gasteiger partial charge is 0.459 e. The first kappa shape index (κ1) is 40.1. The Bertz CT molecular complexity index is 1620. The van der Waals surface area contributed by atoms with Gasteiger partial charge in [0.2, 0.25) is 0 Å². The Morgan fingerprint density at radius 3 is 1.81 bits per heavy atom. The lowest BCUT2D eigenvalue weighted by atomic mass is 9.45. The quantitative estimate of drug-likeness (QED) is 0.211. The van der Waals surface area contributed by atoms with E-state index in [0.717, 1.165) is 0 Å². The second kappa shape index (κ2) is 12.5. The van der Waals surface area contributed by atoms with E-state index >= 15 is 4.79 Å². The number of ether oxygens (including phenoxy) is 9. The number of rotatable bonds is 3. The molecule has 9 atom stereocenters. The summed E-state index contributed by atoms with van der Waals surface area (Å²) in [7, 11) is 0. The molecule has 2 bridgehead atoms. The van der Waals surface area contributed by atoms with Crippen molar-refractivity contribution in [2.75, 3.05) is 0 Å². The molecule has 2 saturated heterocycles. The molecule has 1 N–H and O–H groups in total. The minimum absolute atomic E-state index is 0.0834. The van der Waals surface area contributed by atoms with Crippen molar-refractivity contribution < 1.29 is 76.5 Å². The van der Waals surface area contributed by atoms with Crippen LogP contribution in [0.3, 0.4) is 0 Å². The Hall–Kier alpha value is -4.08. The molecule has 0 aromatic heterocycles. The highest BCUT2D eigenvalue weighted by Gasteiger charge is 2.80. The summed E-state index contributed by atoms with van der Waals surface area (Å²) < 4.78 is 51.7. The van der Waals surface area contributed by atoms with Crippen molar-refractivity contribution in [1.29, 1.82) is 0 Å². The lowest BCUT2D eigenvalue weighted by molar-refractivity contribution is -0.244. The molecule has 53 heavy (non-hydrogen) atoms. The lowest BCUT2D eigenvalue weighted by Crippen LogP contribution is -2.75. The molecular weight excluding hydrogens is 700 g/mol. The minimum atomic E-state index is -2.22. The van der Waals surface area contributed by atoms with E-state index in [1.54, 1.807) is 83.1 Å². The van der Waals surface area contributed by atoms with Gasteiger partial charge in [0, 0.05) is 24.2 Å². The van der Waals surface area contributed by atoms with Gasteiger partial charge in [-0.05, 0) is 87.3 Å². The third-order valence-electron chi connectivity index (χ3n) is 10.8. The molecule has 0 aromatic carbocycles. The number of Topliss-reactive ketones (excluding diaryl/α,β-unsaturated/α-hetero) is 1. The van der Waals surface area contributed by atoms with Crippen molar-refractivity contribution in [2.45, 2.75) is 168 Å². The van der Waals surface area contributed by atoms with Crippen LogP contribution in [-0.4, -0.2) is 100 Å². The predicted molar refractivity (Wildman–Crippen MR) is 179 cm³/mol. The molecule has 2 heterocycles. The van der Waals surface area contributed by atoms with Crippen molar-refractivity contribution in [2.24, 2.45) is 16.7 Å². The highest BCUT2D eigenvalue weighted by molar-refractivity contribution is 5.95. The molecule has 0 amide bonds. The first-order chi connectivity index (χ1) is 23.9. The molecule has 0 unspecified atom stereocenters. The van der Waals surface area contributed by atoms with Crippen LogP contribution in [0.15, 0.2) is 11.1 Å². The fourth-order valence-electron chi connectivity index (χ4n) is 8.75. The Morgan fingerprint density at radius 2 is 1.28 bits per heavy atom. The van der Waals surface area contributed by atoms with Crippen molar-refractivity contribution >= 4 is 36.4 Å². The van der Waals surface area contributed by atoms with Crippen molar-refractivity contribution in [3.8, 4) is 0 Å². The number of carbonyl (C=O) groups excluding carboxylic acids is 6. The Balaban J connectivity index is 1.81. The maximum atomic E-state index is 15.6. The van der Waals surface area contributed by atoms with Crippen LogP contribution in [-0.2, 0) is 52.2 Å². The van der Waals surface area contributed by atoms with Gasteiger partial charge in [-0.1, -0.05) is 13.8 Å². The second-order valence-corrected chi connectivity index (χ2v) is 18.3. The Morgan fingerprint density at radius 1 is 0.774 bits per heavy atom. The summed E-state index contributed by atoms with van der Waals surface area (Å²) in [6.45, 7) is 20.8. The molecule has 1 spiro atoms. The second-order valence-electron chi connectivity index (χ2n) is 18.3. The van der Waals surface area contributed by atoms with Gasteiger partial charge in [0.25, 0.3) is 0 Å². The van der Waals surface area contributed by atoms with Crippen LogP contribution in [0.1, 0.15) is 109 Å². The molecule has 296 valence electrons. The van der Waals surface area contributed by atoms with E-state index in [9.17, 15) is 29.1 Å². The zero-order chi connectivity index (χ0) is 40.1. The van der Waals surface area contributed by atoms with Gasteiger partial charge in [0.15, 0.2) is 23.6 Å². The lowest BCUT2D eigenvalue weighted by Gasteiger charge is -2.61. The van der Waals surface area contributed by atoms with Crippen LogP contribution in [0, 0.1) is 16.7 Å². The van der Waals surface area contributed by atoms with Crippen LogP contribution in [0.25, 0.3) is 0 Å². The summed E-state index contributed by atoms with van der Waals surface area (Å²) in [4.78, 5) is 82.2. The maximum absolute atomic E-state index is 15.6. The van der Waals surface area contributed by atoms with Crippen LogP contribution in [0.4, 0.5) is 19.2 Å². The van der Waals surface area contributed by atoms with Crippen molar-refractivity contribution in [3.05, 3.63) is 11.1 Å². The Labute approximate surface area is 308 Å². The summed E-state index contributed by atoms with van der Waals surface area (Å²) in [5.74, 6) is -3.33. The number of carbonyl (C=O) groups is 6. The van der Waals surface area contributed by atoms with Gasteiger partial charge in [-0.2, -0.15) is 0 Å². The van der Waals surface area contributed by atoms with Crippen molar-refractivity contribution in [3.63, 3.8) is 0 Å². The van der Waals surface area contributed by atoms with Gasteiger partial charge < -0.3 is 47.7 Å². The third-order valence-corrected chi connectivity index (χ3v) is 10.8. The van der Waals surface area contributed by atoms with Gasteiger partial charge in [-0.25, -0.2) is 19.2 Å². The summed E-state index contributed by atoms with van der Waals surface area (Å²) in [5, 5.41) is 12.7. The summed E-state index contributed by atoms with van der Waals surface area (Å²) in [6, 6.07) is 0. The highest BCUT2D eigenvalue weighted by atomic mass is 16.8. The molecule has 0 aromatic rings. The highest BCUT2D eigenvalue weighted by Crippen LogP contribution is 2.66. The molecule has 16 heteroatoms. The monoisotopic (exact) mass is 752 g/mol. The van der Waals surface area contributed by atoms with Crippen LogP contribution >= 0.6 is 0 Å². The van der Waals surface area contributed by atoms with Gasteiger partial charge in [0.05, 0.1) is 11.8 Å². The molecule has 2 aliphatic heterocycles. The Kier molecular flexibility index (Phi) is 9.45. The molecule has 5 rings (SSSR count). The molecule has 4 fully saturated rings. The molecule has 2 saturated carbocycles. The van der Waals surface area contributed by atoms with E-state index < -0.39 is 118 Å². The number of hydrogen-bond donors (Lipinski definition) is 1. The van der Waals surface area contributed by atoms with E-state index in [1.807, 2.05) is 0 Å². The average molecular weight is 753 g/mol. The summed E-state index contributed by atoms with van der Waals surface area (Å²) >= 11 is 0. The number of esters is 1. The van der Waals surface area contributed by atoms with E-state index in [0.29, 0.717) is 0 Å².